The molecule has 0 radical (unpaired) electrons. The molecule has 2 amide bonds. The van der Waals surface area contributed by atoms with Crippen LogP contribution < -0.4 is 9.62 Å². The number of sulfonamides is 1. The van der Waals surface area contributed by atoms with E-state index in [9.17, 15) is 22.4 Å². The lowest BCUT2D eigenvalue weighted by molar-refractivity contribution is -0.139. The molecule has 0 aromatic heterocycles. The Morgan fingerprint density at radius 3 is 2.28 bits per heavy atom. The van der Waals surface area contributed by atoms with Gasteiger partial charge >= 0.3 is 0 Å². The van der Waals surface area contributed by atoms with Crippen LogP contribution in [0, 0.1) is 12.7 Å². The SMILES string of the molecule is CC[C@@H](C)NC(=O)[C@H](C)N(Cc1cccc(Cl)c1)C(=O)CN(c1ccccc1F)S(=O)(=O)c1ccc(C)cc1. The quantitative estimate of drug-likeness (QED) is 0.337. The maximum Gasteiger partial charge on any atom is 0.264 e. The minimum absolute atomic E-state index is 0.00974. The van der Waals surface area contributed by atoms with E-state index in [2.05, 4.69) is 5.32 Å². The van der Waals surface area contributed by atoms with Crippen LogP contribution in [0.15, 0.2) is 77.7 Å². The number of halogens is 2. The number of rotatable bonds is 11. The van der Waals surface area contributed by atoms with Crippen LogP contribution in [0.1, 0.15) is 38.3 Å². The van der Waals surface area contributed by atoms with Gasteiger partial charge in [0.05, 0.1) is 10.6 Å². The normalized spacial score (nSPS) is 12.9. The van der Waals surface area contributed by atoms with E-state index >= 15 is 0 Å². The molecule has 3 aromatic carbocycles. The Balaban J connectivity index is 2.04. The molecule has 0 spiro atoms. The summed E-state index contributed by atoms with van der Waals surface area (Å²) in [7, 11) is -4.35. The van der Waals surface area contributed by atoms with Crippen molar-refractivity contribution in [3.05, 3.63) is 94.8 Å². The summed E-state index contributed by atoms with van der Waals surface area (Å²) in [6.45, 7) is 6.42. The van der Waals surface area contributed by atoms with Gasteiger partial charge in [0.1, 0.15) is 18.4 Å². The van der Waals surface area contributed by atoms with Gasteiger partial charge in [-0.3, -0.25) is 13.9 Å². The van der Waals surface area contributed by atoms with Crippen molar-refractivity contribution in [1.82, 2.24) is 10.2 Å². The van der Waals surface area contributed by atoms with Gasteiger partial charge in [0.15, 0.2) is 0 Å². The zero-order chi connectivity index (χ0) is 28.7. The van der Waals surface area contributed by atoms with Gasteiger partial charge in [-0.05, 0) is 69.2 Å². The average molecular weight is 574 g/mol. The van der Waals surface area contributed by atoms with E-state index in [0.29, 0.717) is 17.0 Å². The number of amides is 2. The number of aryl methyl sites for hydroxylation is 1. The van der Waals surface area contributed by atoms with E-state index in [-0.39, 0.29) is 23.2 Å². The van der Waals surface area contributed by atoms with E-state index in [4.69, 9.17) is 11.6 Å². The van der Waals surface area contributed by atoms with Gasteiger partial charge in [-0.15, -0.1) is 0 Å². The van der Waals surface area contributed by atoms with E-state index in [1.807, 2.05) is 20.8 Å². The summed E-state index contributed by atoms with van der Waals surface area (Å²) >= 11 is 6.15. The largest absolute Gasteiger partial charge is 0.352 e. The van der Waals surface area contributed by atoms with Crippen molar-refractivity contribution in [1.29, 1.82) is 0 Å². The van der Waals surface area contributed by atoms with Crippen LogP contribution >= 0.6 is 11.6 Å². The van der Waals surface area contributed by atoms with E-state index in [1.165, 1.54) is 35.2 Å². The van der Waals surface area contributed by atoms with E-state index < -0.39 is 40.2 Å². The van der Waals surface area contributed by atoms with Crippen molar-refractivity contribution in [3.8, 4) is 0 Å². The molecule has 0 bridgehead atoms. The number of nitrogens with zero attached hydrogens (tertiary/aromatic N) is 2. The van der Waals surface area contributed by atoms with Crippen LogP contribution in [0.5, 0.6) is 0 Å². The third-order valence-electron chi connectivity index (χ3n) is 6.42. The third-order valence-corrected chi connectivity index (χ3v) is 8.43. The highest BCUT2D eigenvalue weighted by Gasteiger charge is 2.33. The predicted molar refractivity (Wildman–Crippen MR) is 151 cm³/mol. The van der Waals surface area contributed by atoms with Gasteiger partial charge in [-0.2, -0.15) is 0 Å². The van der Waals surface area contributed by atoms with Crippen LogP contribution in [0.4, 0.5) is 10.1 Å². The number of benzene rings is 3. The Bertz CT molecular complexity index is 1420. The van der Waals surface area contributed by atoms with Crippen LogP contribution in [-0.2, 0) is 26.2 Å². The maximum atomic E-state index is 15.0. The van der Waals surface area contributed by atoms with Crippen LogP contribution in [0.3, 0.4) is 0 Å². The predicted octanol–water partition coefficient (Wildman–Crippen LogP) is 5.31. The Hall–Kier alpha value is -3.43. The number of carbonyl (C=O) groups excluding carboxylic acids is 2. The molecule has 0 saturated carbocycles. The zero-order valence-electron chi connectivity index (χ0n) is 22.4. The summed E-state index contributed by atoms with van der Waals surface area (Å²) < 4.78 is 43.2. The van der Waals surface area contributed by atoms with Crippen molar-refractivity contribution in [2.75, 3.05) is 10.8 Å². The number of anilines is 1. The first-order valence-electron chi connectivity index (χ1n) is 12.6. The highest BCUT2D eigenvalue weighted by atomic mass is 35.5. The average Bonchev–Trinajstić information content (AvgIpc) is 2.90. The van der Waals surface area contributed by atoms with Crippen molar-refractivity contribution in [3.63, 3.8) is 0 Å². The molecule has 208 valence electrons. The van der Waals surface area contributed by atoms with E-state index in [0.717, 1.165) is 15.9 Å². The molecule has 0 heterocycles. The summed E-state index contributed by atoms with van der Waals surface area (Å²) in [5.41, 5.74) is 1.22. The highest BCUT2D eigenvalue weighted by molar-refractivity contribution is 7.92. The fourth-order valence-corrected chi connectivity index (χ4v) is 5.52. The molecular formula is C29H33ClFN3O4S. The monoisotopic (exact) mass is 573 g/mol. The number of para-hydroxylation sites is 1. The van der Waals surface area contributed by atoms with Crippen LogP contribution in [-0.4, -0.2) is 43.8 Å². The van der Waals surface area contributed by atoms with Crippen molar-refractivity contribution in [2.24, 2.45) is 0 Å². The first-order chi connectivity index (χ1) is 18.4. The molecule has 39 heavy (non-hydrogen) atoms. The maximum absolute atomic E-state index is 15.0. The molecule has 0 aliphatic rings. The number of carbonyl (C=O) groups is 2. The Morgan fingerprint density at radius 2 is 1.67 bits per heavy atom. The molecule has 0 aliphatic carbocycles. The summed E-state index contributed by atoms with van der Waals surface area (Å²) in [4.78, 5) is 28.1. The molecule has 0 fully saturated rings. The zero-order valence-corrected chi connectivity index (χ0v) is 24.0. The van der Waals surface area contributed by atoms with Gasteiger partial charge < -0.3 is 10.2 Å². The molecule has 0 unspecified atom stereocenters. The second-order valence-electron chi connectivity index (χ2n) is 9.42. The van der Waals surface area contributed by atoms with Gasteiger partial charge in [-0.1, -0.05) is 60.5 Å². The first kappa shape index (κ1) is 30.1. The molecule has 7 nitrogen and oxygen atoms in total. The van der Waals surface area contributed by atoms with Crippen molar-refractivity contribution >= 4 is 39.1 Å². The number of hydrogen-bond acceptors (Lipinski definition) is 4. The first-order valence-corrected chi connectivity index (χ1v) is 14.4. The van der Waals surface area contributed by atoms with E-state index in [1.54, 1.807) is 43.3 Å². The fraction of sp³-hybridized carbons (Fsp3) is 0.310. The minimum atomic E-state index is -4.35. The number of hydrogen-bond donors (Lipinski definition) is 1. The summed E-state index contributed by atoms with van der Waals surface area (Å²) in [5.74, 6) is -1.87. The number of nitrogens with one attached hydrogen (secondary N) is 1. The topological polar surface area (TPSA) is 86.8 Å². The van der Waals surface area contributed by atoms with Gasteiger partial charge in [0.25, 0.3) is 10.0 Å². The Kier molecular flexibility index (Phi) is 10.1. The summed E-state index contributed by atoms with van der Waals surface area (Å²) in [5, 5.41) is 3.32. The van der Waals surface area contributed by atoms with Crippen molar-refractivity contribution < 1.29 is 22.4 Å². The molecule has 10 heteroatoms. The lowest BCUT2D eigenvalue weighted by Gasteiger charge is -2.32. The second kappa shape index (κ2) is 13.1. The van der Waals surface area contributed by atoms with Crippen LogP contribution in [0.2, 0.25) is 5.02 Å². The molecule has 0 saturated heterocycles. The summed E-state index contributed by atoms with van der Waals surface area (Å²) in [6.07, 6.45) is 0.691. The molecule has 3 aromatic rings. The third kappa shape index (κ3) is 7.58. The summed E-state index contributed by atoms with van der Waals surface area (Å²) in [6, 6.07) is 17.2. The lowest BCUT2D eigenvalue weighted by Crippen LogP contribution is -2.52. The van der Waals surface area contributed by atoms with Gasteiger partial charge in [-0.25, -0.2) is 12.8 Å². The highest BCUT2D eigenvalue weighted by Crippen LogP contribution is 2.27. The van der Waals surface area contributed by atoms with Gasteiger partial charge in [0, 0.05) is 17.6 Å². The molecule has 3 rings (SSSR count). The lowest BCUT2D eigenvalue weighted by atomic mass is 10.1. The Labute approximate surface area is 234 Å². The van der Waals surface area contributed by atoms with Gasteiger partial charge in [0.2, 0.25) is 11.8 Å². The molecule has 0 aliphatic heterocycles. The fourth-order valence-electron chi connectivity index (χ4n) is 3.88. The molecule has 1 N–H and O–H groups in total. The standard InChI is InChI=1S/C29H33ClFN3O4S/c1-5-21(3)32-29(36)22(4)33(18-23-9-8-10-24(30)17-23)28(35)19-34(27-12-7-6-11-26(27)31)39(37,38)25-15-13-20(2)14-16-25/h6-17,21-22H,5,18-19H2,1-4H3,(H,32,36)/t21-,22+/m1/s1. The molecule has 2 atom stereocenters. The van der Waals surface area contributed by atoms with Crippen LogP contribution in [0.25, 0.3) is 0 Å². The Morgan fingerprint density at radius 1 is 1.00 bits per heavy atom. The van der Waals surface area contributed by atoms with Crippen molar-refractivity contribution in [2.45, 2.75) is 57.6 Å². The smallest absolute Gasteiger partial charge is 0.264 e. The minimum Gasteiger partial charge on any atom is -0.352 e. The second-order valence-corrected chi connectivity index (χ2v) is 11.7. The molecular weight excluding hydrogens is 541 g/mol.